The summed E-state index contributed by atoms with van der Waals surface area (Å²) in [6.45, 7) is 2.66. The minimum absolute atomic E-state index is 0.132. The minimum atomic E-state index is 0.132. The molecular formula is C16H27N5O. The van der Waals surface area contributed by atoms with E-state index in [2.05, 4.69) is 32.0 Å². The third kappa shape index (κ3) is 3.66. The third-order valence-corrected chi connectivity index (χ3v) is 5.01. The highest BCUT2D eigenvalue weighted by Crippen LogP contribution is 2.19. The Morgan fingerprint density at radius 3 is 2.95 bits per heavy atom. The molecule has 1 amide bonds. The second kappa shape index (κ2) is 7.22. The first-order valence-corrected chi connectivity index (χ1v) is 8.62. The normalized spacial score (nSPS) is 22.3. The van der Waals surface area contributed by atoms with Crippen LogP contribution in [0.15, 0.2) is 0 Å². The Labute approximate surface area is 132 Å². The van der Waals surface area contributed by atoms with Gasteiger partial charge in [-0.25, -0.2) is 0 Å². The van der Waals surface area contributed by atoms with Crippen molar-refractivity contribution in [1.29, 1.82) is 0 Å². The van der Waals surface area contributed by atoms with Gasteiger partial charge in [-0.3, -0.25) is 4.79 Å². The van der Waals surface area contributed by atoms with Crippen LogP contribution in [0.25, 0.3) is 0 Å². The Balaban J connectivity index is 1.43. The molecule has 6 heteroatoms. The molecule has 1 saturated heterocycles. The zero-order valence-electron chi connectivity index (χ0n) is 13.6. The van der Waals surface area contributed by atoms with Crippen molar-refractivity contribution >= 4 is 5.91 Å². The fourth-order valence-electron chi connectivity index (χ4n) is 3.57. The molecule has 1 N–H and O–H groups in total. The third-order valence-electron chi connectivity index (χ3n) is 5.01. The number of rotatable bonds is 5. The maximum Gasteiger partial charge on any atom is 0.220 e. The highest BCUT2D eigenvalue weighted by molar-refractivity contribution is 5.75. The van der Waals surface area contributed by atoms with Crippen LogP contribution in [0.4, 0.5) is 0 Å². The molecule has 22 heavy (non-hydrogen) atoms. The number of likely N-dealkylation sites (tertiary alicyclic amines) is 1. The molecule has 3 rings (SSSR count). The molecule has 0 aromatic carbocycles. The monoisotopic (exact) mass is 305 g/mol. The molecule has 6 nitrogen and oxygen atoms in total. The molecule has 0 aliphatic carbocycles. The van der Waals surface area contributed by atoms with Gasteiger partial charge in [0.1, 0.15) is 5.82 Å². The first-order valence-electron chi connectivity index (χ1n) is 8.62. The smallest absolute Gasteiger partial charge is 0.220 e. The van der Waals surface area contributed by atoms with Crippen molar-refractivity contribution in [2.24, 2.45) is 0 Å². The van der Waals surface area contributed by atoms with Gasteiger partial charge in [0, 0.05) is 25.4 Å². The first-order chi connectivity index (χ1) is 10.7. The summed E-state index contributed by atoms with van der Waals surface area (Å²) in [6.07, 6.45) is 8.76. The van der Waals surface area contributed by atoms with Gasteiger partial charge < -0.3 is 14.8 Å². The number of nitrogens with one attached hydrogen (secondary N) is 1. The van der Waals surface area contributed by atoms with E-state index in [1.54, 1.807) is 0 Å². The van der Waals surface area contributed by atoms with Gasteiger partial charge in [0.25, 0.3) is 0 Å². The maximum atomic E-state index is 12.1. The van der Waals surface area contributed by atoms with Crippen LogP contribution in [0.5, 0.6) is 0 Å². The molecule has 0 radical (unpaired) electrons. The number of aryl methyl sites for hydroxylation is 1. The predicted molar refractivity (Wildman–Crippen MR) is 84.3 cm³/mol. The second-order valence-corrected chi connectivity index (χ2v) is 6.59. The fourth-order valence-corrected chi connectivity index (χ4v) is 3.57. The standard InChI is InChI=1S/C16H27N5O/c1-20-10-4-2-6-13(20)8-9-16(22)17-12-15-19-18-14-7-3-5-11-21(14)15/h13H,2-12H2,1H3,(H,17,22)/t13-/m1/s1. The lowest BCUT2D eigenvalue weighted by Gasteiger charge is -2.32. The Hall–Kier alpha value is -1.43. The van der Waals surface area contributed by atoms with Crippen molar-refractivity contribution in [3.63, 3.8) is 0 Å². The van der Waals surface area contributed by atoms with Crippen molar-refractivity contribution in [1.82, 2.24) is 25.0 Å². The van der Waals surface area contributed by atoms with E-state index in [0.717, 1.165) is 37.6 Å². The molecular weight excluding hydrogens is 278 g/mol. The summed E-state index contributed by atoms with van der Waals surface area (Å²) in [7, 11) is 2.17. The van der Waals surface area contributed by atoms with Gasteiger partial charge >= 0.3 is 0 Å². The first kappa shape index (κ1) is 15.5. The van der Waals surface area contributed by atoms with Crippen molar-refractivity contribution in [2.75, 3.05) is 13.6 Å². The van der Waals surface area contributed by atoms with Gasteiger partial charge in [-0.2, -0.15) is 0 Å². The van der Waals surface area contributed by atoms with E-state index in [-0.39, 0.29) is 5.91 Å². The molecule has 0 spiro atoms. The van der Waals surface area contributed by atoms with E-state index < -0.39 is 0 Å². The Morgan fingerprint density at radius 2 is 2.09 bits per heavy atom. The second-order valence-electron chi connectivity index (χ2n) is 6.59. The number of carbonyl (C=O) groups excluding carboxylic acids is 1. The average Bonchev–Trinajstić information content (AvgIpc) is 2.95. The Kier molecular flexibility index (Phi) is 5.08. The van der Waals surface area contributed by atoms with E-state index in [0.29, 0.717) is 19.0 Å². The molecule has 2 aliphatic rings. The van der Waals surface area contributed by atoms with Gasteiger partial charge in [-0.1, -0.05) is 6.42 Å². The molecule has 1 atom stereocenters. The highest BCUT2D eigenvalue weighted by Gasteiger charge is 2.20. The van der Waals surface area contributed by atoms with Crippen LogP contribution in [-0.2, 0) is 24.3 Å². The van der Waals surface area contributed by atoms with Gasteiger partial charge in [0.05, 0.1) is 6.54 Å². The van der Waals surface area contributed by atoms with Gasteiger partial charge in [0.15, 0.2) is 5.82 Å². The van der Waals surface area contributed by atoms with Gasteiger partial charge in [-0.05, 0) is 45.7 Å². The van der Waals surface area contributed by atoms with E-state index in [1.807, 2.05) is 0 Å². The van der Waals surface area contributed by atoms with Crippen LogP contribution in [0.2, 0.25) is 0 Å². The van der Waals surface area contributed by atoms with Crippen molar-refractivity contribution < 1.29 is 4.79 Å². The van der Waals surface area contributed by atoms with Gasteiger partial charge in [-0.15, -0.1) is 10.2 Å². The molecule has 0 bridgehead atoms. The number of hydrogen-bond donors (Lipinski definition) is 1. The number of aromatic nitrogens is 3. The van der Waals surface area contributed by atoms with Crippen molar-refractivity contribution in [3.8, 4) is 0 Å². The van der Waals surface area contributed by atoms with E-state index in [4.69, 9.17) is 0 Å². The minimum Gasteiger partial charge on any atom is -0.349 e. The van der Waals surface area contributed by atoms with E-state index in [9.17, 15) is 4.79 Å². The number of amides is 1. The largest absolute Gasteiger partial charge is 0.349 e. The van der Waals surface area contributed by atoms with Crippen LogP contribution in [0.3, 0.4) is 0 Å². The van der Waals surface area contributed by atoms with E-state index >= 15 is 0 Å². The summed E-state index contributed by atoms with van der Waals surface area (Å²) in [5.74, 6) is 2.10. The van der Waals surface area contributed by atoms with Crippen LogP contribution in [0.1, 0.15) is 56.6 Å². The molecule has 1 fully saturated rings. The van der Waals surface area contributed by atoms with Crippen molar-refractivity contribution in [2.45, 2.75) is 70.5 Å². The molecule has 0 saturated carbocycles. The Morgan fingerprint density at radius 1 is 1.23 bits per heavy atom. The Bertz CT molecular complexity index is 513. The van der Waals surface area contributed by atoms with Crippen molar-refractivity contribution in [3.05, 3.63) is 11.6 Å². The van der Waals surface area contributed by atoms with Crippen LogP contribution < -0.4 is 5.32 Å². The molecule has 3 heterocycles. The summed E-state index contributed by atoms with van der Waals surface area (Å²) in [5, 5.41) is 11.4. The maximum absolute atomic E-state index is 12.1. The van der Waals surface area contributed by atoms with Gasteiger partial charge in [0.2, 0.25) is 5.91 Å². The highest BCUT2D eigenvalue weighted by atomic mass is 16.1. The number of carbonyl (C=O) groups is 1. The molecule has 122 valence electrons. The summed E-state index contributed by atoms with van der Waals surface area (Å²) in [5.41, 5.74) is 0. The van der Waals surface area contributed by atoms with Crippen LogP contribution >= 0.6 is 0 Å². The zero-order valence-corrected chi connectivity index (χ0v) is 13.6. The lowest BCUT2D eigenvalue weighted by molar-refractivity contribution is -0.121. The number of fused-ring (bicyclic) bond motifs is 1. The molecule has 1 aromatic rings. The number of piperidine rings is 1. The summed E-state index contributed by atoms with van der Waals surface area (Å²) < 4.78 is 2.17. The predicted octanol–water partition coefficient (Wildman–Crippen LogP) is 1.50. The average molecular weight is 305 g/mol. The quantitative estimate of drug-likeness (QED) is 0.895. The number of hydrogen-bond acceptors (Lipinski definition) is 4. The number of nitrogens with zero attached hydrogens (tertiary/aromatic N) is 4. The fraction of sp³-hybridized carbons (Fsp3) is 0.812. The van der Waals surface area contributed by atoms with Crippen LogP contribution in [0, 0.1) is 0 Å². The molecule has 2 aliphatic heterocycles. The molecule has 1 aromatic heterocycles. The van der Waals surface area contributed by atoms with Crippen LogP contribution in [-0.4, -0.2) is 45.2 Å². The summed E-state index contributed by atoms with van der Waals surface area (Å²) >= 11 is 0. The zero-order chi connectivity index (χ0) is 15.4. The lowest BCUT2D eigenvalue weighted by Crippen LogP contribution is -2.37. The molecule has 0 unspecified atom stereocenters. The summed E-state index contributed by atoms with van der Waals surface area (Å²) in [4.78, 5) is 14.5. The topological polar surface area (TPSA) is 63.1 Å². The summed E-state index contributed by atoms with van der Waals surface area (Å²) in [6, 6.07) is 0.570. The van der Waals surface area contributed by atoms with E-state index in [1.165, 1.54) is 32.1 Å². The lowest BCUT2D eigenvalue weighted by atomic mass is 9.98. The SMILES string of the molecule is CN1CCCC[C@@H]1CCC(=O)NCc1nnc2n1CCCC2.